The number of alkyl halides is 2. The van der Waals surface area contributed by atoms with Crippen molar-refractivity contribution in [1.29, 1.82) is 5.53 Å². The zero-order valence-corrected chi connectivity index (χ0v) is 19.7. The van der Waals surface area contributed by atoms with Crippen LogP contribution >= 0.6 is 0 Å². The highest BCUT2D eigenvalue weighted by atomic mass is 19.3. The fourth-order valence-corrected chi connectivity index (χ4v) is 4.89. The van der Waals surface area contributed by atoms with Crippen LogP contribution in [0.5, 0.6) is 5.88 Å². The quantitative estimate of drug-likeness (QED) is 0.363. The molecule has 0 bridgehead atoms. The number of nitrogens with zero attached hydrogens (tertiary/aromatic N) is 4. The van der Waals surface area contributed by atoms with Gasteiger partial charge in [-0.25, -0.2) is 18.8 Å². The topological polar surface area (TPSA) is 109 Å². The van der Waals surface area contributed by atoms with Crippen LogP contribution in [0.1, 0.15) is 32.6 Å². The molecule has 0 radical (unpaired) electrons. The van der Waals surface area contributed by atoms with E-state index in [9.17, 15) is 8.78 Å². The molecule has 1 spiro atoms. The molecule has 2 fully saturated rings. The largest absolute Gasteiger partial charge is 0.479 e. The molecule has 1 aromatic carbocycles. The molecule has 1 saturated carbocycles. The number of anilines is 2. The molecule has 3 aromatic rings. The maximum atomic E-state index is 13.1. The summed E-state index contributed by atoms with van der Waals surface area (Å²) < 4.78 is 39.0. The Hall–Kier alpha value is -3.34. The van der Waals surface area contributed by atoms with E-state index in [4.69, 9.17) is 15.0 Å². The fraction of sp³-hybridized carbons (Fsp3) is 0.500. The number of ether oxygens (including phenoxy) is 2. The van der Waals surface area contributed by atoms with E-state index in [1.165, 1.54) is 6.92 Å². The average Bonchev–Trinajstić information content (AvgIpc) is 3.27. The first kappa shape index (κ1) is 23.4. The predicted octanol–water partition coefficient (Wildman–Crippen LogP) is 5.50. The van der Waals surface area contributed by atoms with Crippen LogP contribution in [-0.4, -0.2) is 53.4 Å². The average molecular weight is 486 g/mol. The number of hydrogen-bond acceptors (Lipinski definition) is 8. The van der Waals surface area contributed by atoms with E-state index in [2.05, 4.69) is 25.8 Å². The number of hydrogen-bond donors (Lipinski definition) is 3. The number of benzene rings is 1. The Balaban J connectivity index is 1.42. The second-order valence-electron chi connectivity index (χ2n) is 9.49. The molecule has 0 unspecified atom stereocenters. The van der Waals surface area contributed by atoms with E-state index in [0.29, 0.717) is 34.5 Å². The van der Waals surface area contributed by atoms with Crippen molar-refractivity contribution in [3.8, 4) is 17.0 Å². The molecule has 5 rings (SSSR count). The van der Waals surface area contributed by atoms with E-state index in [-0.39, 0.29) is 5.69 Å². The zero-order valence-electron chi connectivity index (χ0n) is 19.7. The lowest BCUT2D eigenvalue weighted by Gasteiger charge is -2.46. The first-order valence-corrected chi connectivity index (χ1v) is 11.8. The molecule has 186 valence electrons. The van der Waals surface area contributed by atoms with Gasteiger partial charge in [-0.05, 0) is 56.4 Å². The Morgan fingerprint density at radius 3 is 2.66 bits per heavy atom. The Morgan fingerprint density at radius 1 is 1.26 bits per heavy atom. The molecule has 9 nitrogen and oxygen atoms in total. The van der Waals surface area contributed by atoms with Crippen LogP contribution in [0, 0.1) is 10.9 Å². The Kier molecular flexibility index (Phi) is 6.26. The predicted molar refractivity (Wildman–Crippen MR) is 128 cm³/mol. The molecule has 1 atom stereocenters. The maximum absolute atomic E-state index is 13.1. The third-order valence-corrected chi connectivity index (χ3v) is 7.06. The summed E-state index contributed by atoms with van der Waals surface area (Å²) in [6, 6.07) is 6.20. The molecular formula is C24H29F2N7O2. The molecule has 3 N–H and O–H groups in total. The van der Waals surface area contributed by atoms with Gasteiger partial charge in [0, 0.05) is 23.2 Å². The van der Waals surface area contributed by atoms with Crippen LogP contribution in [0.3, 0.4) is 0 Å². The summed E-state index contributed by atoms with van der Waals surface area (Å²) in [6.45, 7) is 3.13. The van der Waals surface area contributed by atoms with Crippen LogP contribution < -0.4 is 15.4 Å². The van der Waals surface area contributed by atoms with Crippen LogP contribution in [0.25, 0.3) is 16.6 Å². The second kappa shape index (κ2) is 9.37. The van der Waals surface area contributed by atoms with Crippen molar-refractivity contribution in [1.82, 2.24) is 14.6 Å². The van der Waals surface area contributed by atoms with Gasteiger partial charge in [-0.1, -0.05) is 6.07 Å². The highest BCUT2D eigenvalue weighted by Gasteiger charge is 2.41. The highest BCUT2D eigenvalue weighted by Crippen LogP contribution is 2.43. The Morgan fingerprint density at radius 2 is 2.03 bits per heavy atom. The number of halogens is 2. The van der Waals surface area contributed by atoms with E-state index >= 15 is 0 Å². The van der Waals surface area contributed by atoms with E-state index < -0.39 is 12.5 Å². The van der Waals surface area contributed by atoms with E-state index in [1.54, 1.807) is 29.8 Å². The van der Waals surface area contributed by atoms with Crippen molar-refractivity contribution in [2.24, 2.45) is 10.5 Å². The van der Waals surface area contributed by atoms with Gasteiger partial charge in [0.2, 0.25) is 11.8 Å². The van der Waals surface area contributed by atoms with Crippen molar-refractivity contribution in [3.63, 3.8) is 0 Å². The van der Waals surface area contributed by atoms with Gasteiger partial charge in [0.05, 0.1) is 32.1 Å². The summed E-state index contributed by atoms with van der Waals surface area (Å²) in [6.07, 6.45) is 3.63. The lowest BCUT2D eigenvalue weighted by Crippen LogP contribution is -2.47. The van der Waals surface area contributed by atoms with Gasteiger partial charge < -0.3 is 20.1 Å². The summed E-state index contributed by atoms with van der Waals surface area (Å²) in [5.74, 6) is 0.908. The van der Waals surface area contributed by atoms with Crippen LogP contribution in [-0.2, 0) is 4.74 Å². The third-order valence-electron chi connectivity index (χ3n) is 7.06. The number of fused-ring (bicyclic) bond motifs is 1. The molecule has 2 aliphatic rings. The Bertz CT molecular complexity index is 1220. The van der Waals surface area contributed by atoms with Crippen molar-refractivity contribution in [2.45, 2.75) is 51.1 Å². The molecule has 3 heterocycles. The maximum Gasteiger partial charge on any atom is 0.258 e. The third kappa shape index (κ3) is 4.52. The summed E-state index contributed by atoms with van der Waals surface area (Å²) in [7, 11) is 1.56. The van der Waals surface area contributed by atoms with Crippen molar-refractivity contribution < 1.29 is 18.3 Å². The van der Waals surface area contributed by atoms with E-state index in [1.807, 2.05) is 12.3 Å². The van der Waals surface area contributed by atoms with Gasteiger partial charge >= 0.3 is 0 Å². The number of rotatable bonds is 8. The van der Waals surface area contributed by atoms with Gasteiger partial charge in [0.25, 0.3) is 6.43 Å². The lowest BCUT2D eigenvalue weighted by atomic mass is 9.71. The molecule has 1 aliphatic heterocycles. The molecule has 1 aliphatic carbocycles. The van der Waals surface area contributed by atoms with Crippen molar-refractivity contribution in [3.05, 3.63) is 30.5 Å². The lowest BCUT2D eigenvalue weighted by molar-refractivity contribution is -0.131. The monoisotopic (exact) mass is 485 g/mol. The first-order valence-electron chi connectivity index (χ1n) is 11.8. The molecule has 0 amide bonds. The van der Waals surface area contributed by atoms with Gasteiger partial charge in [-0.2, -0.15) is 10.1 Å². The number of nitrogens with one attached hydrogen (secondary N) is 3. The molecular weight excluding hydrogens is 456 g/mol. The molecule has 1 saturated heterocycles. The molecule has 2 aromatic heterocycles. The van der Waals surface area contributed by atoms with Gasteiger partial charge in [-0.15, -0.1) is 5.10 Å². The summed E-state index contributed by atoms with van der Waals surface area (Å²) in [5, 5.41) is 14.3. The normalized spacial score (nSPS) is 18.4. The second-order valence-corrected chi connectivity index (χ2v) is 9.49. The Labute approximate surface area is 201 Å². The van der Waals surface area contributed by atoms with E-state index in [0.717, 1.165) is 50.0 Å². The van der Waals surface area contributed by atoms with Gasteiger partial charge in [0.1, 0.15) is 11.2 Å². The number of aromatic nitrogens is 3. The fourth-order valence-electron chi connectivity index (χ4n) is 4.89. The molecule has 35 heavy (non-hydrogen) atoms. The summed E-state index contributed by atoms with van der Waals surface area (Å²) in [5.41, 5.74) is 10.6. The highest BCUT2D eigenvalue weighted by molar-refractivity contribution is 5.87. The first-order chi connectivity index (χ1) is 16.9. The number of methoxy groups -OCH3 is 1. The minimum Gasteiger partial charge on any atom is -0.479 e. The minimum atomic E-state index is -2.55. The van der Waals surface area contributed by atoms with Crippen LogP contribution in [0.2, 0.25) is 0 Å². The minimum absolute atomic E-state index is 0.280. The molecule has 11 heteroatoms. The van der Waals surface area contributed by atoms with Crippen LogP contribution in [0.4, 0.5) is 26.1 Å². The summed E-state index contributed by atoms with van der Waals surface area (Å²) in [4.78, 5) is 4.62. The summed E-state index contributed by atoms with van der Waals surface area (Å²) >= 11 is 0. The van der Waals surface area contributed by atoms with Gasteiger partial charge in [-0.3, -0.25) is 0 Å². The SMILES string of the molecule is COc1nc(NC2CCC3(CC2)COC3)nn2ccc(-c3ccc(N=N)c(N[C@@H](C)C(F)F)c3)c12. The van der Waals surface area contributed by atoms with Crippen molar-refractivity contribution >= 4 is 22.8 Å². The standard InChI is InChI=1S/C24H29F2N7O2/c1-14(21(25)26)28-19-11-15(3-4-18(19)31-27)17-7-10-33-20(17)22(34-2)30-23(32-33)29-16-5-8-24(9-6-16)12-35-13-24/h3-4,7,10-11,14,16,21,27-28H,5-6,8-9,12-13H2,1-2H3,(H,29,32)/t14-/m0/s1. The van der Waals surface area contributed by atoms with Crippen LogP contribution in [0.15, 0.2) is 35.6 Å². The van der Waals surface area contributed by atoms with Gasteiger partial charge in [0.15, 0.2) is 0 Å². The smallest absolute Gasteiger partial charge is 0.258 e. The zero-order chi connectivity index (χ0) is 24.6. The van der Waals surface area contributed by atoms with Crippen molar-refractivity contribution in [2.75, 3.05) is 31.0 Å².